The Balaban J connectivity index is 0.000000982. The molecular formula is C17H23NO. The van der Waals surface area contributed by atoms with Crippen LogP contribution in [0.25, 0.3) is 5.57 Å². The second-order valence-electron chi connectivity index (χ2n) is 4.08. The fourth-order valence-corrected chi connectivity index (χ4v) is 1.27. The summed E-state index contributed by atoms with van der Waals surface area (Å²) < 4.78 is 0. The molecule has 0 aliphatic carbocycles. The molecule has 1 heterocycles. The molecule has 0 saturated heterocycles. The van der Waals surface area contributed by atoms with Gasteiger partial charge in [0.2, 0.25) is 0 Å². The Labute approximate surface area is 116 Å². The maximum Gasteiger partial charge on any atom is 0.161 e. The van der Waals surface area contributed by atoms with Crippen molar-refractivity contribution in [2.45, 2.75) is 34.1 Å². The Hall–Kier alpha value is -1.96. The Morgan fingerprint density at radius 1 is 1.32 bits per heavy atom. The van der Waals surface area contributed by atoms with Gasteiger partial charge < -0.3 is 0 Å². The van der Waals surface area contributed by atoms with Gasteiger partial charge in [0, 0.05) is 23.5 Å². The van der Waals surface area contributed by atoms with Gasteiger partial charge in [0.1, 0.15) is 0 Å². The highest BCUT2D eigenvalue weighted by Gasteiger charge is 2.02. The van der Waals surface area contributed by atoms with Gasteiger partial charge in [0.05, 0.1) is 0 Å². The van der Waals surface area contributed by atoms with E-state index in [0.717, 1.165) is 11.1 Å². The molecule has 0 saturated carbocycles. The van der Waals surface area contributed by atoms with E-state index in [-0.39, 0.29) is 5.78 Å². The second-order valence-corrected chi connectivity index (χ2v) is 4.08. The van der Waals surface area contributed by atoms with Crippen LogP contribution in [0.3, 0.4) is 0 Å². The van der Waals surface area contributed by atoms with Gasteiger partial charge >= 0.3 is 0 Å². The summed E-state index contributed by atoms with van der Waals surface area (Å²) in [5.41, 5.74) is 2.47. The van der Waals surface area contributed by atoms with Crippen molar-refractivity contribution < 1.29 is 4.79 Å². The van der Waals surface area contributed by atoms with Crippen LogP contribution in [0, 0.1) is 0 Å². The Morgan fingerprint density at radius 2 is 1.89 bits per heavy atom. The minimum Gasteiger partial charge on any atom is -0.294 e. The van der Waals surface area contributed by atoms with E-state index in [2.05, 4.69) is 25.4 Å². The van der Waals surface area contributed by atoms with E-state index in [1.165, 1.54) is 13.3 Å². The molecule has 0 aliphatic heterocycles. The maximum absolute atomic E-state index is 11.2. The van der Waals surface area contributed by atoms with Gasteiger partial charge in [0.15, 0.2) is 5.78 Å². The number of nitrogens with zero attached hydrogens (tertiary/aromatic N) is 1. The van der Waals surface area contributed by atoms with Crippen LogP contribution < -0.4 is 0 Å². The van der Waals surface area contributed by atoms with Crippen molar-refractivity contribution in [3.63, 3.8) is 0 Å². The molecule has 0 aliphatic rings. The molecule has 1 rings (SSSR count). The van der Waals surface area contributed by atoms with E-state index in [9.17, 15) is 4.79 Å². The first-order valence-corrected chi connectivity index (χ1v) is 6.52. The lowest BCUT2D eigenvalue weighted by atomic mass is 10.0. The highest BCUT2D eigenvalue weighted by molar-refractivity contribution is 5.94. The Kier molecular flexibility index (Phi) is 8.98. The second kappa shape index (κ2) is 10.0. The molecule has 2 nitrogen and oxygen atoms in total. The SMILES string of the molecule is C=C/C(=C\C=C/C)c1cncc(C(C)=O)c1.CCC. The Morgan fingerprint density at radius 3 is 2.37 bits per heavy atom. The number of hydrogen-bond acceptors (Lipinski definition) is 2. The molecule has 0 N–H and O–H groups in total. The quantitative estimate of drug-likeness (QED) is 0.570. The van der Waals surface area contributed by atoms with Crippen LogP contribution >= 0.6 is 0 Å². The third-order valence-electron chi connectivity index (χ3n) is 2.17. The number of aromatic nitrogens is 1. The number of carbonyl (C=O) groups excluding carboxylic acids is 1. The molecule has 0 spiro atoms. The molecular weight excluding hydrogens is 234 g/mol. The molecule has 2 heteroatoms. The van der Waals surface area contributed by atoms with Crippen molar-refractivity contribution in [2.24, 2.45) is 0 Å². The van der Waals surface area contributed by atoms with Crippen molar-refractivity contribution in [3.05, 3.63) is 60.5 Å². The summed E-state index contributed by atoms with van der Waals surface area (Å²) in [5, 5.41) is 0. The van der Waals surface area contributed by atoms with Crippen LogP contribution in [-0.4, -0.2) is 10.8 Å². The molecule has 0 aromatic carbocycles. The van der Waals surface area contributed by atoms with Gasteiger partial charge in [0.25, 0.3) is 0 Å². The molecule has 102 valence electrons. The lowest BCUT2D eigenvalue weighted by Gasteiger charge is -2.02. The number of ketones is 1. The van der Waals surface area contributed by atoms with E-state index < -0.39 is 0 Å². The Bertz CT molecular complexity index is 470. The van der Waals surface area contributed by atoms with Crippen LogP contribution in [-0.2, 0) is 0 Å². The summed E-state index contributed by atoms with van der Waals surface area (Å²) in [6, 6.07) is 1.83. The zero-order chi connectivity index (χ0) is 14.7. The first-order chi connectivity index (χ1) is 9.10. The molecule has 0 bridgehead atoms. The molecule has 0 amide bonds. The molecule has 0 atom stereocenters. The summed E-state index contributed by atoms with van der Waals surface area (Å²) >= 11 is 0. The van der Waals surface area contributed by atoms with Crippen LogP contribution in [0.4, 0.5) is 0 Å². The lowest BCUT2D eigenvalue weighted by molar-refractivity contribution is 0.101. The molecule has 0 radical (unpaired) electrons. The molecule has 19 heavy (non-hydrogen) atoms. The van der Waals surface area contributed by atoms with Crippen molar-refractivity contribution in [2.75, 3.05) is 0 Å². The molecule has 1 aromatic rings. The van der Waals surface area contributed by atoms with Crippen LogP contribution in [0.15, 0.2) is 49.3 Å². The first kappa shape index (κ1) is 17.0. The van der Waals surface area contributed by atoms with Crippen molar-refractivity contribution in [3.8, 4) is 0 Å². The van der Waals surface area contributed by atoms with Gasteiger partial charge in [-0.15, -0.1) is 0 Å². The maximum atomic E-state index is 11.2. The summed E-state index contributed by atoms with van der Waals surface area (Å²) in [6.45, 7) is 11.5. The van der Waals surface area contributed by atoms with Gasteiger partial charge in [-0.3, -0.25) is 9.78 Å². The van der Waals surface area contributed by atoms with Crippen LogP contribution in [0.5, 0.6) is 0 Å². The van der Waals surface area contributed by atoms with Crippen LogP contribution in [0.2, 0.25) is 0 Å². The number of rotatable bonds is 4. The summed E-state index contributed by atoms with van der Waals surface area (Å²) in [4.78, 5) is 15.3. The highest BCUT2D eigenvalue weighted by atomic mass is 16.1. The third-order valence-corrected chi connectivity index (χ3v) is 2.17. The van der Waals surface area contributed by atoms with E-state index in [1.807, 2.05) is 31.2 Å². The number of allylic oxidation sites excluding steroid dienone is 5. The molecule has 1 aromatic heterocycles. The van der Waals surface area contributed by atoms with Crippen molar-refractivity contribution in [1.29, 1.82) is 0 Å². The summed E-state index contributed by atoms with van der Waals surface area (Å²) in [7, 11) is 0. The molecule has 0 unspecified atom stereocenters. The van der Waals surface area contributed by atoms with Gasteiger partial charge in [-0.05, 0) is 25.5 Å². The lowest BCUT2D eigenvalue weighted by Crippen LogP contribution is -1.94. The molecule has 0 fully saturated rings. The van der Waals surface area contributed by atoms with Gasteiger partial charge in [-0.25, -0.2) is 0 Å². The largest absolute Gasteiger partial charge is 0.294 e. The van der Waals surface area contributed by atoms with Crippen molar-refractivity contribution in [1.82, 2.24) is 4.98 Å². The highest BCUT2D eigenvalue weighted by Crippen LogP contribution is 2.16. The predicted octanol–water partition coefficient (Wildman–Crippen LogP) is 4.85. The van der Waals surface area contributed by atoms with E-state index in [1.54, 1.807) is 18.5 Å². The zero-order valence-corrected chi connectivity index (χ0v) is 12.3. The average Bonchev–Trinajstić information content (AvgIpc) is 2.41. The monoisotopic (exact) mass is 257 g/mol. The third kappa shape index (κ3) is 6.51. The van der Waals surface area contributed by atoms with Crippen LogP contribution in [0.1, 0.15) is 50.0 Å². The minimum absolute atomic E-state index is 0.0174. The number of pyridine rings is 1. The standard InChI is InChI=1S/C14H15NO.C3H8/c1-4-6-7-12(5-2)14-8-13(11(3)16)9-15-10-14;1-3-2/h4-10H,2H2,1,3H3;3H2,1-2H3/b6-4-,12-7+;. The van der Waals surface area contributed by atoms with Crippen molar-refractivity contribution >= 4 is 11.4 Å². The average molecular weight is 257 g/mol. The smallest absolute Gasteiger partial charge is 0.161 e. The van der Waals surface area contributed by atoms with E-state index in [4.69, 9.17) is 0 Å². The minimum atomic E-state index is 0.0174. The summed E-state index contributed by atoms with van der Waals surface area (Å²) in [5.74, 6) is 0.0174. The first-order valence-electron chi connectivity index (χ1n) is 6.52. The topological polar surface area (TPSA) is 30.0 Å². The predicted molar refractivity (Wildman–Crippen MR) is 83.2 cm³/mol. The number of hydrogen-bond donors (Lipinski definition) is 0. The van der Waals surface area contributed by atoms with Gasteiger partial charge in [-0.1, -0.05) is 51.2 Å². The normalized spacial score (nSPS) is 10.8. The van der Waals surface area contributed by atoms with E-state index in [0.29, 0.717) is 5.56 Å². The fraction of sp³-hybridized carbons (Fsp3) is 0.294. The number of Topliss-reactive ketones (excluding diaryl/α,β-unsaturated/α-hetero) is 1. The van der Waals surface area contributed by atoms with E-state index >= 15 is 0 Å². The zero-order valence-electron chi connectivity index (χ0n) is 12.3. The number of carbonyl (C=O) groups is 1. The summed E-state index contributed by atoms with van der Waals surface area (Å²) in [6.07, 6.45) is 12.1. The fourth-order valence-electron chi connectivity index (χ4n) is 1.27. The van der Waals surface area contributed by atoms with Gasteiger partial charge in [-0.2, -0.15) is 0 Å².